The first-order valence-electron chi connectivity index (χ1n) is 7.74. The van der Waals surface area contributed by atoms with Crippen LogP contribution >= 0.6 is 0 Å². The first-order chi connectivity index (χ1) is 9.27. The first kappa shape index (κ1) is 12.9. The van der Waals surface area contributed by atoms with E-state index in [-0.39, 0.29) is 6.04 Å². The highest BCUT2D eigenvalue weighted by molar-refractivity contribution is 5.49. The van der Waals surface area contributed by atoms with Crippen LogP contribution in [0.15, 0.2) is 18.3 Å². The number of nitrogens with two attached hydrogens (primary N) is 1. The fourth-order valence-corrected chi connectivity index (χ4v) is 3.89. The molecule has 0 bridgehead atoms. The quantitative estimate of drug-likeness (QED) is 0.886. The topological polar surface area (TPSA) is 42.1 Å². The van der Waals surface area contributed by atoms with E-state index in [1.807, 2.05) is 12.3 Å². The van der Waals surface area contributed by atoms with E-state index in [1.165, 1.54) is 44.1 Å². The van der Waals surface area contributed by atoms with E-state index in [0.717, 1.165) is 18.3 Å². The Bertz CT molecular complexity index is 428. The van der Waals surface area contributed by atoms with E-state index in [1.54, 1.807) is 0 Å². The number of pyridine rings is 1. The highest BCUT2D eigenvalue weighted by Crippen LogP contribution is 2.38. The molecule has 2 aliphatic rings. The van der Waals surface area contributed by atoms with Gasteiger partial charge in [0.25, 0.3) is 0 Å². The molecule has 1 aliphatic carbocycles. The largest absolute Gasteiger partial charge is 0.353 e. The Morgan fingerprint density at radius 3 is 2.89 bits per heavy atom. The number of piperidine rings is 1. The summed E-state index contributed by atoms with van der Waals surface area (Å²) in [4.78, 5) is 7.22. The molecule has 3 nitrogen and oxygen atoms in total. The van der Waals surface area contributed by atoms with Crippen molar-refractivity contribution in [2.75, 3.05) is 11.4 Å². The van der Waals surface area contributed by atoms with E-state index in [9.17, 15) is 0 Å². The van der Waals surface area contributed by atoms with E-state index >= 15 is 0 Å². The molecule has 1 aromatic rings. The number of hydrogen-bond acceptors (Lipinski definition) is 3. The SMILES string of the molecule is CC(N)c1cccnc1N1CCC[C@H]2CCCC[C@H]21. The van der Waals surface area contributed by atoms with Crippen LogP contribution in [0, 0.1) is 5.92 Å². The monoisotopic (exact) mass is 259 g/mol. The Labute approximate surface area is 116 Å². The number of aromatic nitrogens is 1. The van der Waals surface area contributed by atoms with Crippen LogP contribution < -0.4 is 10.6 Å². The summed E-state index contributed by atoms with van der Waals surface area (Å²) in [5, 5.41) is 0. The van der Waals surface area contributed by atoms with Gasteiger partial charge in [0.1, 0.15) is 5.82 Å². The van der Waals surface area contributed by atoms with Crippen LogP contribution in [0.1, 0.15) is 57.1 Å². The second-order valence-corrected chi connectivity index (χ2v) is 6.15. The summed E-state index contributed by atoms with van der Waals surface area (Å²) < 4.78 is 0. The van der Waals surface area contributed by atoms with Gasteiger partial charge in [-0.1, -0.05) is 18.9 Å². The molecule has 3 atom stereocenters. The third kappa shape index (κ3) is 2.48. The molecule has 1 aliphatic heterocycles. The lowest BCUT2D eigenvalue weighted by Gasteiger charge is -2.45. The second-order valence-electron chi connectivity index (χ2n) is 6.15. The van der Waals surface area contributed by atoms with Gasteiger partial charge >= 0.3 is 0 Å². The maximum atomic E-state index is 6.12. The van der Waals surface area contributed by atoms with Gasteiger partial charge in [-0.3, -0.25) is 0 Å². The first-order valence-corrected chi connectivity index (χ1v) is 7.74. The van der Waals surface area contributed by atoms with Gasteiger partial charge in [0.15, 0.2) is 0 Å². The molecule has 1 aromatic heterocycles. The summed E-state index contributed by atoms with van der Waals surface area (Å²) in [5.74, 6) is 2.03. The average molecular weight is 259 g/mol. The highest BCUT2D eigenvalue weighted by atomic mass is 15.2. The zero-order valence-corrected chi connectivity index (χ0v) is 11.9. The van der Waals surface area contributed by atoms with Gasteiger partial charge in [0.2, 0.25) is 0 Å². The average Bonchev–Trinajstić information content (AvgIpc) is 2.46. The molecule has 0 amide bonds. The summed E-state index contributed by atoms with van der Waals surface area (Å²) in [6.45, 7) is 3.21. The predicted molar refractivity (Wildman–Crippen MR) is 79.2 cm³/mol. The van der Waals surface area contributed by atoms with Crippen LogP contribution in [0.2, 0.25) is 0 Å². The van der Waals surface area contributed by atoms with Crippen molar-refractivity contribution in [2.24, 2.45) is 11.7 Å². The van der Waals surface area contributed by atoms with Crippen LogP contribution in [0.4, 0.5) is 5.82 Å². The molecule has 2 N–H and O–H groups in total. The van der Waals surface area contributed by atoms with Gasteiger partial charge in [-0.15, -0.1) is 0 Å². The maximum absolute atomic E-state index is 6.12. The maximum Gasteiger partial charge on any atom is 0.133 e. The summed E-state index contributed by atoms with van der Waals surface area (Å²) in [7, 11) is 0. The molecule has 1 saturated heterocycles. The van der Waals surface area contributed by atoms with Gasteiger partial charge in [-0.2, -0.15) is 0 Å². The van der Waals surface area contributed by atoms with Gasteiger partial charge in [-0.25, -0.2) is 4.98 Å². The highest BCUT2D eigenvalue weighted by Gasteiger charge is 2.34. The number of fused-ring (bicyclic) bond motifs is 1. The zero-order chi connectivity index (χ0) is 13.2. The van der Waals surface area contributed by atoms with Crippen molar-refractivity contribution in [3.05, 3.63) is 23.9 Å². The third-order valence-corrected chi connectivity index (χ3v) is 4.82. The van der Waals surface area contributed by atoms with Gasteiger partial charge in [0, 0.05) is 30.4 Å². The summed E-state index contributed by atoms with van der Waals surface area (Å²) in [6.07, 6.45) is 10.1. The number of rotatable bonds is 2. The molecule has 2 heterocycles. The molecule has 3 rings (SSSR count). The molecular formula is C16H25N3. The van der Waals surface area contributed by atoms with Gasteiger partial charge in [0.05, 0.1) is 0 Å². The molecule has 1 unspecified atom stereocenters. The molecule has 19 heavy (non-hydrogen) atoms. The molecule has 104 valence electrons. The Hall–Kier alpha value is -1.09. The number of hydrogen-bond donors (Lipinski definition) is 1. The van der Waals surface area contributed by atoms with Crippen LogP contribution in [0.25, 0.3) is 0 Å². The molecule has 0 aromatic carbocycles. The summed E-state index contributed by atoms with van der Waals surface area (Å²) in [5.41, 5.74) is 7.33. The Kier molecular flexibility index (Phi) is 3.74. The summed E-state index contributed by atoms with van der Waals surface area (Å²) in [6, 6.07) is 4.91. The van der Waals surface area contributed by atoms with Crippen LogP contribution in [0.5, 0.6) is 0 Å². The van der Waals surface area contributed by atoms with E-state index in [4.69, 9.17) is 5.73 Å². The molecule has 0 radical (unpaired) electrons. The smallest absolute Gasteiger partial charge is 0.133 e. The second kappa shape index (κ2) is 5.49. The van der Waals surface area contributed by atoms with E-state index < -0.39 is 0 Å². The van der Waals surface area contributed by atoms with Gasteiger partial charge in [-0.05, 0) is 44.6 Å². The Balaban J connectivity index is 1.91. The van der Waals surface area contributed by atoms with Crippen molar-refractivity contribution in [2.45, 2.75) is 57.5 Å². The Morgan fingerprint density at radius 1 is 1.26 bits per heavy atom. The van der Waals surface area contributed by atoms with Crippen molar-refractivity contribution in [3.8, 4) is 0 Å². The van der Waals surface area contributed by atoms with Crippen LogP contribution in [0.3, 0.4) is 0 Å². The minimum atomic E-state index is 0.0627. The van der Waals surface area contributed by atoms with Crippen molar-refractivity contribution in [3.63, 3.8) is 0 Å². The third-order valence-electron chi connectivity index (χ3n) is 4.82. The van der Waals surface area contributed by atoms with Crippen LogP contribution in [-0.4, -0.2) is 17.6 Å². The molecular weight excluding hydrogens is 234 g/mol. The predicted octanol–water partition coefficient (Wildman–Crippen LogP) is 3.26. The zero-order valence-electron chi connectivity index (χ0n) is 11.9. The fourth-order valence-electron chi connectivity index (χ4n) is 3.89. The molecule has 2 fully saturated rings. The summed E-state index contributed by atoms with van der Waals surface area (Å²) >= 11 is 0. The van der Waals surface area contributed by atoms with Crippen molar-refractivity contribution in [1.82, 2.24) is 4.98 Å². The van der Waals surface area contributed by atoms with E-state index in [2.05, 4.69) is 22.9 Å². The Morgan fingerprint density at radius 2 is 2.05 bits per heavy atom. The lowest BCUT2D eigenvalue weighted by Crippen LogP contribution is -2.47. The standard InChI is InChI=1S/C16H25N3/c1-12(17)14-8-4-10-18-16(14)19-11-5-7-13-6-2-3-9-15(13)19/h4,8,10,12-13,15H,2-3,5-7,9,11,17H2,1H3/t12?,13-,15-/m1/s1. The minimum absolute atomic E-state index is 0.0627. The molecule has 3 heteroatoms. The number of nitrogens with zero attached hydrogens (tertiary/aromatic N) is 2. The van der Waals surface area contributed by atoms with Crippen molar-refractivity contribution >= 4 is 5.82 Å². The normalized spacial score (nSPS) is 28.8. The number of anilines is 1. The molecule has 1 saturated carbocycles. The van der Waals surface area contributed by atoms with Crippen molar-refractivity contribution in [1.29, 1.82) is 0 Å². The van der Waals surface area contributed by atoms with Gasteiger partial charge < -0.3 is 10.6 Å². The lowest BCUT2D eigenvalue weighted by atomic mass is 9.78. The lowest BCUT2D eigenvalue weighted by molar-refractivity contribution is 0.242. The van der Waals surface area contributed by atoms with Crippen molar-refractivity contribution < 1.29 is 0 Å². The minimum Gasteiger partial charge on any atom is -0.353 e. The molecule has 0 spiro atoms. The van der Waals surface area contributed by atoms with Crippen LogP contribution in [-0.2, 0) is 0 Å². The fraction of sp³-hybridized carbons (Fsp3) is 0.688. The van der Waals surface area contributed by atoms with E-state index in [0.29, 0.717) is 6.04 Å².